The molecular formula is C19H22O5. The molecule has 0 aromatic carbocycles. The number of carbonyl (C=O) groups excluding carboxylic acids is 3. The highest BCUT2D eigenvalue weighted by Gasteiger charge is 2.43. The number of ketones is 2. The van der Waals surface area contributed by atoms with Crippen molar-refractivity contribution in [3.8, 4) is 0 Å². The van der Waals surface area contributed by atoms with Gasteiger partial charge in [-0.15, -0.1) is 0 Å². The smallest absolute Gasteiger partial charge is 0.341 e. The van der Waals surface area contributed by atoms with Gasteiger partial charge in [0.2, 0.25) is 0 Å². The Balaban J connectivity index is 1.74. The fourth-order valence-electron chi connectivity index (χ4n) is 4.79. The summed E-state index contributed by atoms with van der Waals surface area (Å²) in [5.41, 5.74) is 1.05. The lowest BCUT2D eigenvalue weighted by atomic mass is 9.72. The molecule has 2 heterocycles. The van der Waals surface area contributed by atoms with Crippen LogP contribution in [0.4, 0.5) is 0 Å². The highest BCUT2D eigenvalue weighted by Crippen LogP contribution is 2.46. The molecule has 0 aromatic heterocycles. The number of carbonyl (C=O) groups is 3. The third kappa shape index (κ3) is 2.55. The molecule has 0 aromatic rings. The number of hydrogen-bond donors (Lipinski definition) is 1. The number of Topliss-reactive ketones (excluding diaryl/α,β-unsaturated/α-hetero) is 2. The second-order valence-corrected chi connectivity index (χ2v) is 7.74. The van der Waals surface area contributed by atoms with Crippen LogP contribution >= 0.6 is 0 Å². The fourth-order valence-corrected chi connectivity index (χ4v) is 4.79. The molecule has 5 nitrogen and oxygen atoms in total. The van der Waals surface area contributed by atoms with Gasteiger partial charge in [0.15, 0.2) is 11.6 Å². The zero-order chi connectivity index (χ0) is 17.0. The topological polar surface area (TPSA) is 80.7 Å². The summed E-state index contributed by atoms with van der Waals surface area (Å²) in [7, 11) is 0. The zero-order valence-corrected chi connectivity index (χ0v) is 13.7. The molecule has 128 valence electrons. The third-order valence-electron chi connectivity index (χ3n) is 5.98. The van der Waals surface area contributed by atoms with E-state index in [4.69, 9.17) is 4.74 Å². The molecule has 1 N–H and O–H groups in total. The molecular weight excluding hydrogens is 308 g/mol. The van der Waals surface area contributed by atoms with Gasteiger partial charge in [0.1, 0.15) is 6.10 Å². The summed E-state index contributed by atoms with van der Waals surface area (Å²) in [4.78, 5) is 36.8. The summed E-state index contributed by atoms with van der Waals surface area (Å²) in [6.45, 7) is 1.95. The second kappa shape index (κ2) is 5.66. The number of aliphatic hydroxyl groups is 1. The Kier molecular flexibility index (Phi) is 3.71. The molecule has 0 spiro atoms. The molecule has 1 saturated carbocycles. The van der Waals surface area contributed by atoms with E-state index in [0.717, 1.165) is 18.4 Å². The Morgan fingerprint density at radius 2 is 1.79 bits per heavy atom. The number of allylic oxidation sites excluding steroid dienone is 3. The standard InChI is InChI=1S/C19H22O5/c1-9-2-12-3-10-6-16-17(21)8-14(24-19(16)23)7-13(20)4-11(10)5-15(12)18(9)22/h5-6,9-14,20H,2-4,7-8H2,1H3/b16-6-/t9-,10+,11+,12-,13+,14+/m1/s1. The van der Waals surface area contributed by atoms with Crippen LogP contribution in [-0.4, -0.2) is 34.9 Å². The maximum absolute atomic E-state index is 12.3. The van der Waals surface area contributed by atoms with Crippen LogP contribution in [0.5, 0.6) is 0 Å². The van der Waals surface area contributed by atoms with Gasteiger partial charge in [0.05, 0.1) is 11.7 Å². The first kappa shape index (κ1) is 15.8. The summed E-state index contributed by atoms with van der Waals surface area (Å²) in [5.74, 6) is -0.302. The Hall–Kier alpha value is -1.75. The van der Waals surface area contributed by atoms with Crippen LogP contribution in [0.3, 0.4) is 0 Å². The third-order valence-corrected chi connectivity index (χ3v) is 5.98. The molecule has 5 aliphatic rings. The molecule has 1 saturated heterocycles. The van der Waals surface area contributed by atoms with Crippen molar-refractivity contribution in [2.24, 2.45) is 23.7 Å². The van der Waals surface area contributed by atoms with Crippen molar-refractivity contribution in [2.75, 3.05) is 0 Å². The largest absolute Gasteiger partial charge is 0.458 e. The first-order valence-corrected chi connectivity index (χ1v) is 8.82. The van der Waals surface area contributed by atoms with E-state index >= 15 is 0 Å². The summed E-state index contributed by atoms with van der Waals surface area (Å²) >= 11 is 0. The Labute approximate surface area is 140 Å². The van der Waals surface area contributed by atoms with Crippen LogP contribution in [0.1, 0.15) is 39.0 Å². The fraction of sp³-hybridized carbons (Fsp3) is 0.632. The first-order chi connectivity index (χ1) is 11.4. The highest BCUT2D eigenvalue weighted by atomic mass is 16.5. The summed E-state index contributed by atoms with van der Waals surface area (Å²) in [6.07, 6.45) is 5.16. The molecule has 2 aliphatic heterocycles. The molecule has 2 bridgehead atoms. The van der Waals surface area contributed by atoms with E-state index in [1.54, 1.807) is 6.08 Å². The zero-order valence-electron chi connectivity index (χ0n) is 13.7. The predicted molar refractivity (Wildman–Crippen MR) is 84.8 cm³/mol. The number of aliphatic hydroxyl groups excluding tert-OH is 1. The van der Waals surface area contributed by atoms with Crippen molar-refractivity contribution < 1.29 is 24.2 Å². The Morgan fingerprint density at radius 1 is 1.04 bits per heavy atom. The SMILES string of the molecule is C[C@@H]1C[C@@H]2C[C@H]3/C=C4/C(=O)C[C@H](C[C@@H](O)C[C@H]3C=C2C1=O)OC4=O. The van der Waals surface area contributed by atoms with Gasteiger partial charge in [-0.1, -0.05) is 19.1 Å². The van der Waals surface area contributed by atoms with Gasteiger partial charge in [-0.25, -0.2) is 4.79 Å². The molecule has 0 amide bonds. The monoisotopic (exact) mass is 330 g/mol. The van der Waals surface area contributed by atoms with Crippen LogP contribution in [0.25, 0.3) is 0 Å². The van der Waals surface area contributed by atoms with E-state index in [0.29, 0.717) is 6.42 Å². The molecule has 0 radical (unpaired) electrons. The van der Waals surface area contributed by atoms with Gasteiger partial charge >= 0.3 is 5.97 Å². The first-order valence-electron chi connectivity index (χ1n) is 8.82. The highest BCUT2D eigenvalue weighted by molar-refractivity contribution is 6.18. The Bertz CT molecular complexity index is 653. The predicted octanol–water partition coefficient (Wildman–Crippen LogP) is 1.74. The van der Waals surface area contributed by atoms with Gasteiger partial charge in [-0.05, 0) is 42.6 Å². The lowest BCUT2D eigenvalue weighted by Crippen LogP contribution is -2.38. The second-order valence-electron chi connectivity index (χ2n) is 7.74. The maximum Gasteiger partial charge on any atom is 0.341 e. The average Bonchev–Trinajstić information content (AvgIpc) is 2.77. The minimum atomic E-state index is -0.640. The summed E-state index contributed by atoms with van der Waals surface area (Å²) in [5, 5.41) is 10.4. The Morgan fingerprint density at radius 3 is 2.54 bits per heavy atom. The van der Waals surface area contributed by atoms with Gasteiger partial charge in [-0.2, -0.15) is 0 Å². The lowest BCUT2D eigenvalue weighted by Gasteiger charge is -2.35. The van der Waals surface area contributed by atoms with Crippen molar-refractivity contribution in [1.29, 1.82) is 0 Å². The number of rotatable bonds is 0. The van der Waals surface area contributed by atoms with Gasteiger partial charge in [0.25, 0.3) is 0 Å². The summed E-state index contributed by atoms with van der Waals surface area (Å²) in [6, 6.07) is 0. The minimum absolute atomic E-state index is 0.00653. The van der Waals surface area contributed by atoms with Crippen molar-refractivity contribution in [2.45, 2.75) is 51.2 Å². The van der Waals surface area contributed by atoms with E-state index in [1.165, 1.54) is 0 Å². The average molecular weight is 330 g/mol. The molecule has 3 aliphatic carbocycles. The quantitative estimate of drug-likeness (QED) is 0.540. The number of esters is 1. The maximum atomic E-state index is 12.3. The van der Waals surface area contributed by atoms with Crippen LogP contribution < -0.4 is 0 Å². The van der Waals surface area contributed by atoms with Gasteiger partial charge in [0, 0.05) is 18.8 Å². The van der Waals surface area contributed by atoms with Gasteiger partial charge < -0.3 is 9.84 Å². The molecule has 5 heteroatoms. The van der Waals surface area contributed by atoms with E-state index in [9.17, 15) is 19.5 Å². The minimum Gasteiger partial charge on any atom is -0.458 e. The molecule has 0 unspecified atom stereocenters. The van der Waals surface area contributed by atoms with Crippen molar-refractivity contribution in [3.63, 3.8) is 0 Å². The van der Waals surface area contributed by atoms with Crippen molar-refractivity contribution in [1.82, 2.24) is 0 Å². The number of ether oxygens (including phenoxy) is 1. The molecule has 24 heavy (non-hydrogen) atoms. The van der Waals surface area contributed by atoms with Crippen LogP contribution in [-0.2, 0) is 19.1 Å². The van der Waals surface area contributed by atoms with E-state index in [2.05, 4.69) is 0 Å². The van der Waals surface area contributed by atoms with Crippen molar-refractivity contribution in [3.05, 3.63) is 23.3 Å². The molecule has 2 fully saturated rings. The molecule has 6 atom stereocenters. The van der Waals surface area contributed by atoms with Crippen molar-refractivity contribution >= 4 is 17.5 Å². The van der Waals surface area contributed by atoms with E-state index in [1.807, 2.05) is 13.0 Å². The summed E-state index contributed by atoms with van der Waals surface area (Å²) < 4.78 is 5.31. The van der Waals surface area contributed by atoms with Crippen LogP contribution in [0, 0.1) is 23.7 Å². The lowest BCUT2D eigenvalue weighted by molar-refractivity contribution is -0.153. The van der Waals surface area contributed by atoms with E-state index in [-0.39, 0.29) is 53.7 Å². The van der Waals surface area contributed by atoms with E-state index < -0.39 is 18.2 Å². The number of hydrogen-bond acceptors (Lipinski definition) is 5. The van der Waals surface area contributed by atoms with Crippen LogP contribution in [0.2, 0.25) is 0 Å². The molecule has 5 rings (SSSR count). The van der Waals surface area contributed by atoms with Gasteiger partial charge in [-0.3, -0.25) is 9.59 Å². The number of fused-ring (bicyclic) bond motifs is 5. The van der Waals surface area contributed by atoms with Crippen LogP contribution in [0.15, 0.2) is 23.3 Å². The normalized spacial score (nSPS) is 44.2.